The topological polar surface area (TPSA) is 42.3 Å². The number of aromatic nitrogens is 2. The zero-order valence-corrected chi connectivity index (χ0v) is 9.65. The van der Waals surface area contributed by atoms with Gasteiger partial charge in [0.15, 0.2) is 0 Å². The molecular formula is C11H20N4O. The molecule has 5 heteroatoms. The van der Waals surface area contributed by atoms with Gasteiger partial charge < -0.3 is 4.74 Å². The first-order valence-corrected chi connectivity index (χ1v) is 5.87. The van der Waals surface area contributed by atoms with Gasteiger partial charge in [0, 0.05) is 20.7 Å². The van der Waals surface area contributed by atoms with E-state index in [1.807, 2.05) is 6.20 Å². The van der Waals surface area contributed by atoms with Crippen molar-refractivity contribution in [3.63, 3.8) is 0 Å². The Balaban J connectivity index is 0.00000108. The van der Waals surface area contributed by atoms with E-state index in [0.717, 1.165) is 32.8 Å². The Morgan fingerprint density at radius 3 is 3.31 bits per heavy atom. The zero-order valence-electron chi connectivity index (χ0n) is 9.65. The Kier molecular flexibility index (Phi) is 2.46. The van der Waals surface area contributed by atoms with Crippen LogP contribution in [0.1, 0.15) is 14.0 Å². The van der Waals surface area contributed by atoms with Crippen molar-refractivity contribution in [1.82, 2.24) is 20.0 Å². The maximum absolute atomic E-state index is 5.50. The van der Waals surface area contributed by atoms with E-state index in [9.17, 15) is 0 Å². The summed E-state index contributed by atoms with van der Waals surface area (Å²) in [5.74, 6) is 0. The first-order chi connectivity index (χ1) is 7.81. The van der Waals surface area contributed by atoms with Gasteiger partial charge in [-0.15, -0.1) is 0 Å². The van der Waals surface area contributed by atoms with E-state index >= 15 is 0 Å². The van der Waals surface area contributed by atoms with Crippen LogP contribution in [-0.4, -0.2) is 46.6 Å². The summed E-state index contributed by atoms with van der Waals surface area (Å²) in [4.78, 5) is 2.45. The number of rotatable bonds is 1. The van der Waals surface area contributed by atoms with E-state index in [4.69, 9.17) is 4.74 Å². The first kappa shape index (κ1) is 10.3. The van der Waals surface area contributed by atoms with E-state index in [1.54, 1.807) is 0 Å². The molecule has 16 heavy (non-hydrogen) atoms. The van der Waals surface area contributed by atoms with Crippen molar-refractivity contribution in [2.45, 2.75) is 25.6 Å². The summed E-state index contributed by atoms with van der Waals surface area (Å²) in [5, 5.41) is 7.88. The molecule has 2 aliphatic rings. The molecule has 1 spiro atoms. The van der Waals surface area contributed by atoms with E-state index in [1.165, 1.54) is 5.69 Å². The molecule has 90 valence electrons. The van der Waals surface area contributed by atoms with Crippen LogP contribution in [0.4, 0.5) is 0 Å². The third-order valence-electron chi connectivity index (χ3n) is 3.54. The second kappa shape index (κ2) is 3.84. The molecule has 1 aromatic heterocycles. The summed E-state index contributed by atoms with van der Waals surface area (Å²) in [6.07, 6.45) is 1.89. The fourth-order valence-electron chi connectivity index (χ4n) is 2.61. The predicted octanol–water partition coefficient (Wildman–Crippen LogP) is 0.281. The largest absolute Gasteiger partial charge is 0.364 e. The molecule has 0 saturated carbocycles. The molecule has 2 aliphatic heterocycles. The van der Waals surface area contributed by atoms with Crippen LogP contribution in [-0.2, 0) is 17.8 Å². The molecule has 0 radical (unpaired) electrons. The van der Waals surface area contributed by atoms with Gasteiger partial charge >= 0.3 is 0 Å². The normalized spacial score (nSPS) is 30.6. The van der Waals surface area contributed by atoms with Gasteiger partial charge in [-0.1, -0.05) is 6.92 Å². The lowest BCUT2D eigenvalue weighted by molar-refractivity contribution is 0.148. The van der Waals surface area contributed by atoms with E-state index in [2.05, 4.69) is 33.0 Å². The Hall–Kier alpha value is -0.910. The van der Waals surface area contributed by atoms with Gasteiger partial charge in [-0.2, -0.15) is 5.10 Å². The molecule has 1 aromatic rings. The quantitative estimate of drug-likeness (QED) is 0.744. The predicted molar refractivity (Wildman–Crippen MR) is 62.0 cm³/mol. The Labute approximate surface area is 96.9 Å². The first-order valence-electron chi connectivity index (χ1n) is 5.87. The molecule has 1 fully saturated rings. The van der Waals surface area contributed by atoms with Gasteiger partial charge in [0.05, 0.1) is 31.1 Å². The van der Waals surface area contributed by atoms with Crippen LogP contribution in [0.5, 0.6) is 0 Å². The molecule has 1 atom stereocenters. The number of nitrogens with one attached hydrogen (secondary N) is 1. The highest BCUT2D eigenvalue weighted by molar-refractivity contribution is 5.07. The SMILES string of the molecule is CCN1Cc2ccnn2CC2(COCN2)C1.[HH]. The summed E-state index contributed by atoms with van der Waals surface area (Å²) in [6.45, 7) is 7.64. The van der Waals surface area contributed by atoms with Crippen molar-refractivity contribution in [3.05, 3.63) is 18.0 Å². The molecule has 0 amide bonds. The molecule has 1 saturated heterocycles. The number of hydrogen-bond acceptors (Lipinski definition) is 4. The van der Waals surface area contributed by atoms with Gasteiger partial charge in [0.1, 0.15) is 0 Å². The van der Waals surface area contributed by atoms with Crippen LogP contribution in [0, 0.1) is 0 Å². The lowest BCUT2D eigenvalue weighted by Crippen LogP contribution is -2.53. The van der Waals surface area contributed by atoms with Gasteiger partial charge in [0.2, 0.25) is 0 Å². The van der Waals surface area contributed by atoms with Gasteiger partial charge in [0.25, 0.3) is 0 Å². The van der Waals surface area contributed by atoms with Gasteiger partial charge in [-0.05, 0) is 12.6 Å². The molecule has 0 bridgehead atoms. The Bertz CT molecular complexity index is 375. The number of likely N-dealkylation sites (N-methyl/N-ethyl adjacent to an activating group) is 1. The van der Waals surface area contributed by atoms with E-state index in [0.29, 0.717) is 6.73 Å². The molecule has 1 unspecified atom stereocenters. The number of fused-ring (bicyclic) bond motifs is 1. The number of hydrogen-bond donors (Lipinski definition) is 1. The number of ether oxygens (including phenoxy) is 1. The lowest BCUT2D eigenvalue weighted by Gasteiger charge is -2.30. The molecule has 0 aliphatic carbocycles. The van der Waals surface area contributed by atoms with E-state index < -0.39 is 0 Å². The Morgan fingerprint density at radius 1 is 1.62 bits per heavy atom. The van der Waals surface area contributed by atoms with Crippen molar-refractivity contribution in [2.24, 2.45) is 0 Å². The minimum Gasteiger partial charge on any atom is -0.364 e. The fraction of sp³-hybridized carbons (Fsp3) is 0.727. The van der Waals surface area contributed by atoms with Crippen molar-refractivity contribution in [1.29, 1.82) is 0 Å². The van der Waals surface area contributed by atoms with Gasteiger partial charge in [-0.3, -0.25) is 14.9 Å². The monoisotopic (exact) mass is 224 g/mol. The molecule has 3 heterocycles. The third kappa shape index (κ3) is 1.65. The molecule has 3 rings (SSSR count). The highest BCUT2D eigenvalue weighted by Crippen LogP contribution is 2.22. The summed E-state index contributed by atoms with van der Waals surface area (Å²) in [5.41, 5.74) is 1.35. The molecular weight excluding hydrogens is 204 g/mol. The van der Waals surface area contributed by atoms with Crippen LogP contribution in [0.15, 0.2) is 12.3 Å². The van der Waals surface area contributed by atoms with Gasteiger partial charge in [-0.25, -0.2) is 0 Å². The van der Waals surface area contributed by atoms with Crippen LogP contribution >= 0.6 is 0 Å². The lowest BCUT2D eigenvalue weighted by atomic mass is 10.0. The zero-order chi connectivity index (χ0) is 11.0. The summed E-state index contributed by atoms with van der Waals surface area (Å²) >= 11 is 0. The van der Waals surface area contributed by atoms with Crippen molar-refractivity contribution < 1.29 is 6.16 Å². The maximum Gasteiger partial charge on any atom is 0.0972 e. The average molecular weight is 224 g/mol. The minimum atomic E-state index is 0. The van der Waals surface area contributed by atoms with E-state index in [-0.39, 0.29) is 6.97 Å². The van der Waals surface area contributed by atoms with Crippen LogP contribution in [0.3, 0.4) is 0 Å². The second-order valence-corrected chi connectivity index (χ2v) is 4.73. The van der Waals surface area contributed by atoms with Crippen molar-refractivity contribution in [3.8, 4) is 0 Å². The van der Waals surface area contributed by atoms with Crippen LogP contribution in [0.2, 0.25) is 0 Å². The van der Waals surface area contributed by atoms with Crippen LogP contribution in [0.25, 0.3) is 0 Å². The standard InChI is InChI=1S/C11H18N4O.H2/c1-2-14-5-10-3-4-13-15(10)7-11(6-14)8-16-9-12-11;/h3-4,12H,2,5-9H2,1H3;1H. The van der Waals surface area contributed by atoms with Crippen molar-refractivity contribution in [2.75, 3.05) is 26.4 Å². The van der Waals surface area contributed by atoms with Crippen LogP contribution < -0.4 is 5.32 Å². The summed E-state index contributed by atoms with van der Waals surface area (Å²) < 4.78 is 7.61. The molecule has 1 N–H and O–H groups in total. The number of nitrogens with zero attached hydrogens (tertiary/aromatic N) is 3. The molecule has 0 aromatic carbocycles. The Morgan fingerprint density at radius 2 is 2.56 bits per heavy atom. The molecule has 5 nitrogen and oxygen atoms in total. The third-order valence-corrected chi connectivity index (χ3v) is 3.54. The summed E-state index contributed by atoms with van der Waals surface area (Å²) in [6, 6.07) is 2.11. The fourth-order valence-corrected chi connectivity index (χ4v) is 2.61. The average Bonchev–Trinajstić information content (AvgIpc) is 2.86. The van der Waals surface area contributed by atoms with Crippen molar-refractivity contribution >= 4 is 0 Å². The second-order valence-electron chi connectivity index (χ2n) is 4.73. The minimum absolute atomic E-state index is 0. The highest BCUT2D eigenvalue weighted by Gasteiger charge is 2.39. The highest BCUT2D eigenvalue weighted by atomic mass is 16.5. The summed E-state index contributed by atoms with van der Waals surface area (Å²) in [7, 11) is 0. The smallest absolute Gasteiger partial charge is 0.0972 e. The maximum atomic E-state index is 5.50.